The Balaban J connectivity index is 1.48. The van der Waals surface area contributed by atoms with Crippen LogP contribution >= 0.6 is 0 Å². The van der Waals surface area contributed by atoms with E-state index in [4.69, 9.17) is 9.47 Å². The van der Waals surface area contributed by atoms with Crippen molar-refractivity contribution in [2.24, 2.45) is 0 Å². The number of nitrogens with zero attached hydrogens (tertiary/aromatic N) is 3. The Bertz CT molecular complexity index is 684. The molecular weight excluding hydrogens is 382 g/mol. The Kier molecular flexibility index (Phi) is 8.51. The summed E-state index contributed by atoms with van der Waals surface area (Å²) < 4.78 is 11.4. The Hall–Kier alpha value is -2.12. The van der Waals surface area contributed by atoms with E-state index >= 15 is 0 Å². The van der Waals surface area contributed by atoms with Crippen molar-refractivity contribution in [3.05, 3.63) is 29.8 Å². The average Bonchev–Trinajstić information content (AvgIpc) is 3.18. The van der Waals surface area contributed by atoms with Gasteiger partial charge in [-0.3, -0.25) is 14.5 Å². The van der Waals surface area contributed by atoms with Gasteiger partial charge in [-0.25, -0.2) is 0 Å². The molecule has 2 amide bonds. The van der Waals surface area contributed by atoms with Crippen LogP contribution in [0, 0.1) is 0 Å². The molecule has 7 heteroatoms. The minimum atomic E-state index is 0.0394. The van der Waals surface area contributed by atoms with Gasteiger partial charge in [-0.2, -0.15) is 0 Å². The number of carbonyl (C=O) groups excluding carboxylic acids is 2. The third-order valence-electron chi connectivity index (χ3n) is 5.91. The van der Waals surface area contributed by atoms with Gasteiger partial charge in [-0.05, 0) is 57.4 Å². The maximum absolute atomic E-state index is 12.9. The summed E-state index contributed by atoms with van der Waals surface area (Å²) in [6.45, 7) is 10.2. The van der Waals surface area contributed by atoms with E-state index in [0.29, 0.717) is 31.8 Å². The third kappa shape index (κ3) is 6.19. The van der Waals surface area contributed by atoms with E-state index < -0.39 is 0 Å². The summed E-state index contributed by atoms with van der Waals surface area (Å²) in [7, 11) is 0. The lowest BCUT2D eigenvalue weighted by Crippen LogP contribution is -2.42. The van der Waals surface area contributed by atoms with E-state index in [1.165, 1.54) is 0 Å². The molecule has 2 heterocycles. The summed E-state index contributed by atoms with van der Waals surface area (Å²) in [4.78, 5) is 31.2. The van der Waals surface area contributed by atoms with Crippen LogP contribution in [-0.4, -0.2) is 91.6 Å². The molecule has 1 aromatic rings. The van der Waals surface area contributed by atoms with Crippen molar-refractivity contribution in [2.75, 3.05) is 59.0 Å². The summed E-state index contributed by atoms with van der Waals surface area (Å²) in [5, 5.41) is 0. The second-order valence-electron chi connectivity index (χ2n) is 7.96. The standard InChI is InChI=1S/C23H35N3O4/c1-3-25(4-2)22(27)17-24-12-6-13-26(15-14-24)23(28)19-8-10-20(11-9-19)30-18-21-7-5-16-29-21/h8-11,21H,3-7,12-18H2,1-2H3. The molecule has 7 nitrogen and oxygen atoms in total. The normalized spacial score (nSPS) is 20.1. The molecule has 2 aliphatic rings. The predicted molar refractivity (Wildman–Crippen MR) is 116 cm³/mol. The van der Waals surface area contributed by atoms with E-state index in [9.17, 15) is 9.59 Å². The molecule has 1 aromatic carbocycles. The molecule has 0 bridgehead atoms. The first-order valence-electron chi connectivity index (χ1n) is 11.2. The molecule has 0 spiro atoms. The lowest BCUT2D eigenvalue weighted by Gasteiger charge is -2.25. The molecule has 0 aromatic heterocycles. The Morgan fingerprint density at radius 2 is 1.83 bits per heavy atom. The Morgan fingerprint density at radius 3 is 2.50 bits per heavy atom. The maximum Gasteiger partial charge on any atom is 0.253 e. The fraction of sp³-hybridized carbons (Fsp3) is 0.652. The fourth-order valence-corrected chi connectivity index (χ4v) is 4.04. The first-order valence-corrected chi connectivity index (χ1v) is 11.2. The Morgan fingerprint density at radius 1 is 1.07 bits per heavy atom. The second kappa shape index (κ2) is 11.3. The highest BCUT2D eigenvalue weighted by molar-refractivity contribution is 5.94. The van der Waals surface area contributed by atoms with Gasteiger partial charge in [0.1, 0.15) is 12.4 Å². The molecule has 1 atom stereocenters. The molecule has 0 radical (unpaired) electrons. The summed E-state index contributed by atoms with van der Waals surface area (Å²) >= 11 is 0. The van der Waals surface area contributed by atoms with Crippen molar-refractivity contribution in [3.8, 4) is 5.75 Å². The average molecular weight is 418 g/mol. The summed E-state index contributed by atoms with van der Waals surface area (Å²) in [6, 6.07) is 7.38. The molecule has 2 fully saturated rings. The zero-order valence-corrected chi connectivity index (χ0v) is 18.3. The first kappa shape index (κ1) is 22.6. The number of hydrogen-bond donors (Lipinski definition) is 0. The number of carbonyl (C=O) groups is 2. The largest absolute Gasteiger partial charge is 0.491 e. The molecule has 1 unspecified atom stereocenters. The molecule has 0 N–H and O–H groups in total. The van der Waals surface area contributed by atoms with Crippen LogP contribution < -0.4 is 4.74 Å². The number of benzene rings is 1. The van der Waals surface area contributed by atoms with Crippen molar-refractivity contribution in [1.29, 1.82) is 0 Å². The number of likely N-dealkylation sites (N-methyl/N-ethyl adjacent to an activating group) is 1. The van der Waals surface area contributed by atoms with Crippen LogP contribution in [0.25, 0.3) is 0 Å². The highest BCUT2D eigenvalue weighted by Crippen LogP contribution is 2.18. The van der Waals surface area contributed by atoms with E-state index in [2.05, 4.69) is 4.90 Å². The van der Waals surface area contributed by atoms with Gasteiger partial charge in [0.05, 0.1) is 12.6 Å². The van der Waals surface area contributed by atoms with Gasteiger partial charge in [0.2, 0.25) is 5.91 Å². The first-order chi connectivity index (χ1) is 14.6. The molecule has 0 saturated carbocycles. The summed E-state index contributed by atoms with van der Waals surface area (Å²) in [5.74, 6) is 0.968. The SMILES string of the molecule is CCN(CC)C(=O)CN1CCCN(C(=O)c2ccc(OCC3CCCO3)cc2)CC1. The van der Waals surface area contributed by atoms with Gasteiger partial charge >= 0.3 is 0 Å². The van der Waals surface area contributed by atoms with Crippen LogP contribution in [0.1, 0.15) is 43.5 Å². The van der Waals surface area contributed by atoms with Gasteiger partial charge in [0.15, 0.2) is 0 Å². The molecular formula is C23H35N3O4. The minimum absolute atomic E-state index is 0.0394. The van der Waals surface area contributed by atoms with Crippen LogP contribution in [0.15, 0.2) is 24.3 Å². The zero-order valence-electron chi connectivity index (χ0n) is 18.3. The van der Waals surface area contributed by atoms with Crippen molar-refractivity contribution >= 4 is 11.8 Å². The maximum atomic E-state index is 12.9. The minimum Gasteiger partial charge on any atom is -0.491 e. The van der Waals surface area contributed by atoms with Crippen LogP contribution in [0.5, 0.6) is 5.75 Å². The molecule has 166 valence electrons. The Labute approximate surface area is 179 Å². The van der Waals surface area contributed by atoms with Crippen LogP contribution in [0.2, 0.25) is 0 Å². The smallest absolute Gasteiger partial charge is 0.253 e. The zero-order chi connectivity index (χ0) is 21.3. The highest BCUT2D eigenvalue weighted by Gasteiger charge is 2.23. The summed E-state index contributed by atoms with van der Waals surface area (Å²) in [6.07, 6.45) is 3.20. The second-order valence-corrected chi connectivity index (χ2v) is 7.96. The number of hydrogen-bond acceptors (Lipinski definition) is 5. The monoisotopic (exact) mass is 417 g/mol. The topological polar surface area (TPSA) is 62.3 Å². The molecule has 3 rings (SSSR count). The number of ether oxygens (including phenoxy) is 2. The molecule has 30 heavy (non-hydrogen) atoms. The van der Waals surface area contributed by atoms with Crippen molar-refractivity contribution in [3.63, 3.8) is 0 Å². The fourth-order valence-electron chi connectivity index (χ4n) is 4.04. The van der Waals surface area contributed by atoms with Crippen LogP contribution in [-0.2, 0) is 9.53 Å². The highest BCUT2D eigenvalue weighted by atomic mass is 16.5. The molecule has 0 aliphatic carbocycles. The van der Waals surface area contributed by atoms with Crippen molar-refractivity contribution in [1.82, 2.24) is 14.7 Å². The van der Waals surface area contributed by atoms with E-state index in [-0.39, 0.29) is 17.9 Å². The quantitative estimate of drug-likeness (QED) is 0.649. The predicted octanol–water partition coefficient (Wildman–Crippen LogP) is 2.26. The number of amides is 2. The van der Waals surface area contributed by atoms with Gasteiger partial charge in [-0.15, -0.1) is 0 Å². The van der Waals surface area contributed by atoms with Crippen molar-refractivity contribution in [2.45, 2.75) is 39.2 Å². The van der Waals surface area contributed by atoms with Crippen LogP contribution in [0.3, 0.4) is 0 Å². The summed E-state index contributed by atoms with van der Waals surface area (Å²) in [5.41, 5.74) is 0.673. The van der Waals surface area contributed by atoms with E-state index in [1.807, 2.05) is 47.9 Å². The van der Waals surface area contributed by atoms with Gasteiger partial charge in [0, 0.05) is 51.4 Å². The van der Waals surface area contributed by atoms with Crippen LogP contribution in [0.4, 0.5) is 0 Å². The van der Waals surface area contributed by atoms with Gasteiger partial charge in [0.25, 0.3) is 5.91 Å². The van der Waals surface area contributed by atoms with E-state index in [0.717, 1.165) is 57.8 Å². The van der Waals surface area contributed by atoms with Gasteiger partial charge in [-0.1, -0.05) is 0 Å². The van der Waals surface area contributed by atoms with Gasteiger partial charge < -0.3 is 19.3 Å². The molecule has 2 aliphatic heterocycles. The third-order valence-corrected chi connectivity index (χ3v) is 5.91. The number of rotatable bonds is 8. The van der Waals surface area contributed by atoms with E-state index in [1.54, 1.807) is 0 Å². The lowest BCUT2D eigenvalue weighted by atomic mass is 10.2. The lowest BCUT2D eigenvalue weighted by molar-refractivity contribution is -0.132. The molecule has 2 saturated heterocycles. The van der Waals surface area contributed by atoms with Crippen molar-refractivity contribution < 1.29 is 19.1 Å².